The number of aryl methyl sites for hydroxylation is 1. The highest BCUT2D eigenvalue weighted by atomic mass is 32.1. The lowest BCUT2D eigenvalue weighted by atomic mass is 9.89. The van der Waals surface area contributed by atoms with Crippen molar-refractivity contribution in [1.29, 1.82) is 5.26 Å². The Morgan fingerprint density at radius 2 is 2.31 bits per heavy atom. The third-order valence-corrected chi connectivity index (χ3v) is 3.60. The summed E-state index contributed by atoms with van der Waals surface area (Å²) < 4.78 is 0. The Morgan fingerprint density at radius 1 is 1.69 bits per heavy atom. The van der Waals surface area contributed by atoms with E-state index in [1.807, 2.05) is 18.4 Å². The molecule has 0 spiro atoms. The molecular formula is C10H13NOS. The standard InChI is InChI=1S/C10H13NOS/c1-7-4-5-13-9(7)10(3,12)8(2)6-11/h4-5,8,12H,1-3H3. The number of thiophene rings is 1. The highest BCUT2D eigenvalue weighted by Crippen LogP contribution is 2.34. The maximum absolute atomic E-state index is 10.1. The first-order valence-electron chi connectivity index (χ1n) is 4.16. The van der Waals surface area contributed by atoms with Crippen LogP contribution in [-0.4, -0.2) is 5.11 Å². The number of hydrogen-bond donors (Lipinski definition) is 1. The molecule has 0 aliphatic rings. The quantitative estimate of drug-likeness (QED) is 0.787. The van der Waals surface area contributed by atoms with Crippen LogP contribution in [0.2, 0.25) is 0 Å². The van der Waals surface area contributed by atoms with E-state index in [0.29, 0.717) is 0 Å². The van der Waals surface area contributed by atoms with Crippen LogP contribution in [0.1, 0.15) is 24.3 Å². The van der Waals surface area contributed by atoms with Gasteiger partial charge in [-0.15, -0.1) is 11.3 Å². The Morgan fingerprint density at radius 3 is 2.69 bits per heavy atom. The normalized spacial score (nSPS) is 17.5. The molecule has 2 atom stereocenters. The fourth-order valence-electron chi connectivity index (χ4n) is 1.21. The van der Waals surface area contributed by atoms with Crippen LogP contribution >= 0.6 is 11.3 Å². The van der Waals surface area contributed by atoms with Gasteiger partial charge in [0.2, 0.25) is 0 Å². The molecule has 2 unspecified atom stereocenters. The van der Waals surface area contributed by atoms with Crippen molar-refractivity contribution >= 4 is 11.3 Å². The Labute approximate surface area is 82.4 Å². The third-order valence-electron chi connectivity index (χ3n) is 2.36. The van der Waals surface area contributed by atoms with Gasteiger partial charge >= 0.3 is 0 Å². The van der Waals surface area contributed by atoms with Gasteiger partial charge in [0, 0.05) is 4.88 Å². The van der Waals surface area contributed by atoms with Gasteiger partial charge < -0.3 is 5.11 Å². The van der Waals surface area contributed by atoms with E-state index in [1.54, 1.807) is 13.8 Å². The first kappa shape index (κ1) is 10.2. The van der Waals surface area contributed by atoms with E-state index in [4.69, 9.17) is 5.26 Å². The molecule has 70 valence electrons. The van der Waals surface area contributed by atoms with E-state index in [-0.39, 0.29) is 5.92 Å². The van der Waals surface area contributed by atoms with Crippen molar-refractivity contribution < 1.29 is 5.11 Å². The number of rotatable bonds is 2. The summed E-state index contributed by atoms with van der Waals surface area (Å²) in [7, 11) is 0. The second-order valence-corrected chi connectivity index (χ2v) is 4.35. The monoisotopic (exact) mass is 195 g/mol. The fraction of sp³-hybridized carbons (Fsp3) is 0.500. The lowest BCUT2D eigenvalue weighted by molar-refractivity contribution is 0.0264. The highest BCUT2D eigenvalue weighted by molar-refractivity contribution is 7.10. The molecule has 0 saturated heterocycles. The molecule has 1 aromatic rings. The molecular weight excluding hydrogens is 182 g/mol. The van der Waals surface area contributed by atoms with Crippen LogP contribution in [-0.2, 0) is 5.60 Å². The summed E-state index contributed by atoms with van der Waals surface area (Å²) in [5, 5.41) is 20.8. The summed E-state index contributed by atoms with van der Waals surface area (Å²) in [5.74, 6) is -0.384. The summed E-state index contributed by atoms with van der Waals surface area (Å²) in [6.45, 7) is 5.38. The van der Waals surface area contributed by atoms with E-state index in [1.165, 1.54) is 11.3 Å². The van der Waals surface area contributed by atoms with Crippen molar-refractivity contribution in [2.24, 2.45) is 5.92 Å². The summed E-state index contributed by atoms with van der Waals surface area (Å²) in [4.78, 5) is 0.890. The molecule has 0 aliphatic heterocycles. The topological polar surface area (TPSA) is 44.0 Å². The maximum atomic E-state index is 10.1. The van der Waals surface area contributed by atoms with E-state index < -0.39 is 5.60 Å². The predicted octanol–water partition coefficient (Wildman–Crippen LogP) is 2.42. The molecule has 1 rings (SSSR count). The minimum atomic E-state index is -1.02. The molecule has 0 radical (unpaired) electrons. The molecule has 2 nitrogen and oxygen atoms in total. The van der Waals surface area contributed by atoms with E-state index in [9.17, 15) is 5.11 Å². The van der Waals surface area contributed by atoms with Crippen LogP contribution < -0.4 is 0 Å². The zero-order valence-corrected chi connectivity index (χ0v) is 8.85. The SMILES string of the molecule is Cc1ccsc1C(C)(O)C(C)C#N. The van der Waals surface area contributed by atoms with Gasteiger partial charge in [-0.25, -0.2) is 0 Å². The largest absolute Gasteiger partial charge is 0.383 e. The van der Waals surface area contributed by atoms with E-state index in [2.05, 4.69) is 6.07 Å². The van der Waals surface area contributed by atoms with Crippen molar-refractivity contribution in [3.05, 3.63) is 21.9 Å². The van der Waals surface area contributed by atoms with Crippen molar-refractivity contribution in [2.75, 3.05) is 0 Å². The first-order valence-corrected chi connectivity index (χ1v) is 5.04. The second-order valence-electron chi connectivity index (χ2n) is 3.43. The second kappa shape index (κ2) is 3.49. The van der Waals surface area contributed by atoms with Gasteiger partial charge in [0.05, 0.1) is 12.0 Å². The van der Waals surface area contributed by atoms with Crippen LogP contribution in [0.5, 0.6) is 0 Å². The van der Waals surface area contributed by atoms with Gasteiger partial charge in [-0.05, 0) is 37.8 Å². The Kier molecular flexibility index (Phi) is 2.74. The van der Waals surface area contributed by atoms with Crippen LogP contribution in [0.3, 0.4) is 0 Å². The number of nitrogens with zero attached hydrogens (tertiary/aromatic N) is 1. The highest BCUT2D eigenvalue weighted by Gasteiger charge is 2.32. The van der Waals surface area contributed by atoms with Gasteiger partial charge in [-0.2, -0.15) is 5.26 Å². The van der Waals surface area contributed by atoms with Gasteiger partial charge in [0.15, 0.2) is 0 Å². The van der Waals surface area contributed by atoms with Crippen LogP contribution in [0.25, 0.3) is 0 Å². The summed E-state index contributed by atoms with van der Waals surface area (Å²) in [5.41, 5.74) is 0.0320. The zero-order valence-electron chi connectivity index (χ0n) is 8.03. The molecule has 3 heteroatoms. The molecule has 13 heavy (non-hydrogen) atoms. The average Bonchev–Trinajstić information content (AvgIpc) is 2.50. The molecule has 0 fully saturated rings. The molecule has 1 N–H and O–H groups in total. The Bertz CT molecular complexity index is 335. The van der Waals surface area contributed by atoms with Crippen molar-refractivity contribution in [3.63, 3.8) is 0 Å². The lowest BCUT2D eigenvalue weighted by Crippen LogP contribution is -2.28. The first-order chi connectivity index (χ1) is 6.00. The van der Waals surface area contributed by atoms with Crippen LogP contribution in [0.4, 0.5) is 0 Å². The molecule has 0 aromatic carbocycles. The molecule has 0 aliphatic carbocycles. The smallest absolute Gasteiger partial charge is 0.112 e. The van der Waals surface area contributed by atoms with Crippen LogP contribution in [0, 0.1) is 24.2 Å². The average molecular weight is 195 g/mol. The molecule has 1 heterocycles. The number of nitriles is 1. The van der Waals surface area contributed by atoms with Gasteiger partial charge in [0.1, 0.15) is 5.60 Å². The summed E-state index contributed by atoms with van der Waals surface area (Å²) in [6, 6.07) is 4.03. The lowest BCUT2D eigenvalue weighted by Gasteiger charge is -2.25. The van der Waals surface area contributed by atoms with E-state index >= 15 is 0 Å². The minimum absolute atomic E-state index is 0.384. The molecule has 0 saturated carbocycles. The number of aliphatic hydroxyl groups is 1. The summed E-state index contributed by atoms with van der Waals surface area (Å²) >= 11 is 1.50. The van der Waals surface area contributed by atoms with Crippen LogP contribution in [0.15, 0.2) is 11.4 Å². The third kappa shape index (κ3) is 1.74. The molecule has 0 bridgehead atoms. The Balaban J connectivity index is 3.08. The van der Waals surface area contributed by atoms with Gasteiger partial charge in [0.25, 0.3) is 0 Å². The number of hydrogen-bond acceptors (Lipinski definition) is 3. The Hall–Kier alpha value is -0.850. The predicted molar refractivity (Wildman–Crippen MR) is 53.4 cm³/mol. The van der Waals surface area contributed by atoms with Gasteiger partial charge in [-0.1, -0.05) is 0 Å². The van der Waals surface area contributed by atoms with Crippen molar-refractivity contribution in [3.8, 4) is 6.07 Å². The van der Waals surface area contributed by atoms with E-state index in [0.717, 1.165) is 10.4 Å². The van der Waals surface area contributed by atoms with Crippen molar-refractivity contribution in [2.45, 2.75) is 26.4 Å². The minimum Gasteiger partial charge on any atom is -0.383 e. The van der Waals surface area contributed by atoms with Gasteiger partial charge in [-0.3, -0.25) is 0 Å². The zero-order chi connectivity index (χ0) is 10.1. The maximum Gasteiger partial charge on any atom is 0.112 e. The summed E-state index contributed by atoms with van der Waals surface area (Å²) in [6.07, 6.45) is 0. The molecule has 1 aromatic heterocycles. The molecule has 0 amide bonds. The van der Waals surface area contributed by atoms with Crippen molar-refractivity contribution in [1.82, 2.24) is 0 Å². The fourth-order valence-corrected chi connectivity index (χ4v) is 2.29.